The highest BCUT2D eigenvalue weighted by Gasteiger charge is 2.26. The molecule has 1 unspecified atom stereocenters. The maximum absolute atomic E-state index is 12.4. The van der Waals surface area contributed by atoms with Crippen LogP contribution in [0.15, 0.2) is 63.8 Å². The molecule has 6 heteroatoms. The minimum absolute atomic E-state index is 0.176. The summed E-state index contributed by atoms with van der Waals surface area (Å²) in [5.41, 5.74) is 1.42. The van der Waals surface area contributed by atoms with Crippen molar-refractivity contribution in [1.29, 1.82) is 0 Å². The third-order valence-corrected chi connectivity index (χ3v) is 4.43. The molecule has 6 nitrogen and oxygen atoms in total. The van der Waals surface area contributed by atoms with Crippen LogP contribution in [0.25, 0.3) is 22.1 Å². The van der Waals surface area contributed by atoms with Crippen molar-refractivity contribution in [3.63, 3.8) is 0 Å². The molecule has 1 aliphatic heterocycles. The van der Waals surface area contributed by atoms with Gasteiger partial charge in [-0.2, -0.15) is 0 Å². The molecule has 26 heavy (non-hydrogen) atoms. The fraction of sp³-hybridized carbons (Fsp3) is 0.150. The lowest BCUT2D eigenvalue weighted by atomic mass is 10.0. The molecule has 130 valence electrons. The summed E-state index contributed by atoms with van der Waals surface area (Å²) in [5.74, 6) is -0.524. The van der Waals surface area contributed by atoms with Crippen molar-refractivity contribution in [1.82, 2.24) is 10.6 Å². The minimum Gasteiger partial charge on any atom is -0.422 e. The smallest absolute Gasteiger partial charge is 0.344 e. The maximum Gasteiger partial charge on any atom is 0.344 e. The molecule has 2 N–H and O–H groups in total. The molecule has 0 saturated carbocycles. The fourth-order valence-electron chi connectivity index (χ4n) is 3.06. The molecule has 1 atom stereocenters. The van der Waals surface area contributed by atoms with Crippen LogP contribution in [-0.4, -0.2) is 24.4 Å². The summed E-state index contributed by atoms with van der Waals surface area (Å²) in [6, 6.07) is 15.2. The summed E-state index contributed by atoms with van der Waals surface area (Å²) in [6.45, 7) is 0.557. The van der Waals surface area contributed by atoms with Crippen LogP contribution in [0.3, 0.4) is 0 Å². The van der Waals surface area contributed by atoms with Crippen LogP contribution < -0.4 is 16.3 Å². The van der Waals surface area contributed by atoms with Gasteiger partial charge < -0.3 is 15.1 Å². The maximum atomic E-state index is 12.4. The highest BCUT2D eigenvalue weighted by molar-refractivity contribution is 5.99. The monoisotopic (exact) mass is 348 g/mol. The Bertz CT molecular complexity index is 1070. The molecule has 1 aromatic heterocycles. The zero-order valence-corrected chi connectivity index (χ0v) is 13.8. The van der Waals surface area contributed by atoms with Crippen molar-refractivity contribution >= 4 is 22.8 Å². The summed E-state index contributed by atoms with van der Waals surface area (Å²) in [6.07, 6.45) is 0.568. The molecule has 2 heterocycles. The van der Waals surface area contributed by atoms with Crippen molar-refractivity contribution < 1.29 is 14.0 Å². The highest BCUT2D eigenvalue weighted by atomic mass is 16.4. The van der Waals surface area contributed by atoms with E-state index >= 15 is 0 Å². The minimum atomic E-state index is -0.517. The van der Waals surface area contributed by atoms with Gasteiger partial charge in [0.15, 0.2) is 0 Å². The lowest BCUT2D eigenvalue weighted by molar-refractivity contribution is -0.120. The van der Waals surface area contributed by atoms with Gasteiger partial charge in [0.2, 0.25) is 5.91 Å². The second-order valence-corrected chi connectivity index (χ2v) is 6.17. The first kappa shape index (κ1) is 16.1. The number of rotatable bonds is 3. The molecule has 0 aliphatic carbocycles. The van der Waals surface area contributed by atoms with Gasteiger partial charge in [0.25, 0.3) is 5.91 Å². The van der Waals surface area contributed by atoms with E-state index in [1.165, 1.54) is 0 Å². The average Bonchev–Trinajstić information content (AvgIpc) is 3.06. The van der Waals surface area contributed by atoms with Gasteiger partial charge in [-0.3, -0.25) is 9.59 Å². The zero-order chi connectivity index (χ0) is 18.1. The number of carbonyl (C=O) groups is 2. The molecule has 1 aliphatic rings. The Hall–Kier alpha value is -3.41. The molecule has 0 bridgehead atoms. The summed E-state index contributed by atoms with van der Waals surface area (Å²) < 4.78 is 5.36. The number of carbonyl (C=O) groups excluding carboxylic acids is 2. The van der Waals surface area contributed by atoms with E-state index < -0.39 is 11.7 Å². The van der Waals surface area contributed by atoms with Crippen molar-refractivity contribution in [3.8, 4) is 11.1 Å². The lowest BCUT2D eigenvalue weighted by Gasteiger charge is -2.10. The fourth-order valence-corrected chi connectivity index (χ4v) is 3.06. The van der Waals surface area contributed by atoms with Gasteiger partial charge in [-0.25, -0.2) is 4.79 Å². The van der Waals surface area contributed by atoms with E-state index in [9.17, 15) is 14.4 Å². The molecule has 0 spiro atoms. The molecule has 4 rings (SSSR count). The Balaban J connectivity index is 1.67. The van der Waals surface area contributed by atoms with Gasteiger partial charge in [0.05, 0.1) is 5.56 Å². The quantitative estimate of drug-likeness (QED) is 0.709. The zero-order valence-electron chi connectivity index (χ0n) is 13.8. The van der Waals surface area contributed by atoms with Crippen LogP contribution in [0, 0.1) is 0 Å². The largest absolute Gasteiger partial charge is 0.422 e. The summed E-state index contributed by atoms with van der Waals surface area (Å²) in [5, 5.41) is 6.20. The number of fused-ring (bicyclic) bond motifs is 1. The summed E-state index contributed by atoms with van der Waals surface area (Å²) in [4.78, 5) is 36.4. The summed E-state index contributed by atoms with van der Waals surface area (Å²) in [7, 11) is 0. The van der Waals surface area contributed by atoms with Crippen molar-refractivity contribution in [2.75, 3.05) is 6.54 Å². The number of benzene rings is 2. The lowest BCUT2D eigenvalue weighted by Crippen LogP contribution is -2.40. The molecule has 2 amide bonds. The molecule has 1 saturated heterocycles. The number of nitrogens with one attached hydrogen (secondary N) is 2. The van der Waals surface area contributed by atoms with Crippen LogP contribution in [0.1, 0.15) is 16.8 Å². The summed E-state index contributed by atoms with van der Waals surface area (Å²) >= 11 is 0. The van der Waals surface area contributed by atoms with Gasteiger partial charge in [-0.15, -0.1) is 0 Å². The van der Waals surface area contributed by atoms with Gasteiger partial charge >= 0.3 is 5.63 Å². The number of hydrogen-bond donors (Lipinski definition) is 2. The van der Waals surface area contributed by atoms with Crippen LogP contribution in [0.2, 0.25) is 0 Å². The predicted molar refractivity (Wildman–Crippen MR) is 96.8 cm³/mol. The topological polar surface area (TPSA) is 88.4 Å². The van der Waals surface area contributed by atoms with E-state index in [0.29, 0.717) is 35.2 Å². The van der Waals surface area contributed by atoms with Crippen LogP contribution in [-0.2, 0) is 4.79 Å². The van der Waals surface area contributed by atoms with Gasteiger partial charge in [-0.1, -0.05) is 30.3 Å². The Morgan fingerprint density at radius 1 is 1.08 bits per heavy atom. The number of hydrogen-bond acceptors (Lipinski definition) is 4. The van der Waals surface area contributed by atoms with Crippen molar-refractivity contribution in [2.24, 2.45) is 0 Å². The molecular formula is C20H16N2O4. The van der Waals surface area contributed by atoms with Crippen molar-refractivity contribution in [3.05, 3.63) is 70.6 Å². The molecule has 2 aromatic carbocycles. The van der Waals surface area contributed by atoms with Gasteiger partial charge in [0, 0.05) is 17.5 Å². The molecule has 0 radical (unpaired) electrons. The Morgan fingerprint density at radius 3 is 2.73 bits per heavy atom. The average molecular weight is 348 g/mol. The second kappa shape index (κ2) is 6.48. The molecular weight excluding hydrogens is 332 g/mol. The number of amides is 2. The standard InChI is InChI=1S/C20H16N2O4/c23-18(22-16-8-9-21-19(16)24)14-6-3-5-12(10-14)15-11-13-4-1-2-7-17(13)26-20(15)25/h1-7,10-11,16H,8-9H2,(H,21,24)(H,22,23). The highest BCUT2D eigenvalue weighted by Crippen LogP contribution is 2.22. The second-order valence-electron chi connectivity index (χ2n) is 6.17. The van der Waals surface area contributed by atoms with Crippen LogP contribution in [0.4, 0.5) is 0 Å². The first-order valence-electron chi connectivity index (χ1n) is 8.34. The van der Waals surface area contributed by atoms with E-state index in [1.54, 1.807) is 42.5 Å². The predicted octanol–water partition coefficient (Wildman–Crippen LogP) is 2.08. The molecule has 1 fully saturated rings. The SMILES string of the molecule is O=C(NC1CCNC1=O)c1cccc(-c2cc3ccccc3oc2=O)c1. The molecule has 3 aromatic rings. The first-order chi connectivity index (χ1) is 12.6. The van der Waals surface area contributed by atoms with Crippen molar-refractivity contribution in [2.45, 2.75) is 12.5 Å². The Morgan fingerprint density at radius 2 is 1.92 bits per heavy atom. The van der Waals surface area contributed by atoms with E-state index in [1.807, 2.05) is 12.1 Å². The third-order valence-electron chi connectivity index (χ3n) is 4.43. The normalized spacial score (nSPS) is 16.5. The number of para-hydroxylation sites is 1. The van der Waals surface area contributed by atoms with Crippen LogP contribution >= 0.6 is 0 Å². The Kier molecular flexibility index (Phi) is 4.01. The van der Waals surface area contributed by atoms with Crippen LogP contribution in [0.5, 0.6) is 0 Å². The van der Waals surface area contributed by atoms with E-state index in [-0.39, 0.29) is 11.8 Å². The third kappa shape index (κ3) is 2.97. The van der Waals surface area contributed by atoms with Gasteiger partial charge in [0.1, 0.15) is 11.6 Å². The van der Waals surface area contributed by atoms with E-state index in [0.717, 1.165) is 5.39 Å². The van der Waals surface area contributed by atoms with E-state index in [2.05, 4.69) is 10.6 Å². The Labute approximate surface area is 148 Å². The van der Waals surface area contributed by atoms with Gasteiger partial charge in [-0.05, 0) is 36.2 Å². The first-order valence-corrected chi connectivity index (χ1v) is 8.34. The van der Waals surface area contributed by atoms with E-state index in [4.69, 9.17) is 4.42 Å².